The van der Waals surface area contributed by atoms with Crippen molar-refractivity contribution in [2.45, 2.75) is 44.8 Å². The molecule has 2 aromatic carbocycles. The number of nitrogens with zero attached hydrogens (tertiary/aromatic N) is 1. The maximum Gasteiger partial charge on any atom is 0.425 e. The number of allylic oxidation sites excluding steroid dienone is 1. The number of carbonyl (C=O) groups is 3. The maximum absolute atomic E-state index is 15.0. The lowest BCUT2D eigenvalue weighted by Crippen LogP contribution is -2.66. The number of Topliss-reactive ketones (excluding diaryl/α,β-unsaturated/α-hetero) is 1. The number of amides is 2. The lowest BCUT2D eigenvalue weighted by molar-refractivity contribution is -0.190. The molecular formula is C28H28ClF3N2O5. The lowest BCUT2D eigenvalue weighted by atomic mass is 9.72. The Labute approximate surface area is 228 Å². The van der Waals surface area contributed by atoms with Crippen LogP contribution in [0.1, 0.15) is 42.6 Å². The Morgan fingerprint density at radius 2 is 1.72 bits per heavy atom. The zero-order chi connectivity index (χ0) is 28.8. The molecule has 2 amide bonds. The van der Waals surface area contributed by atoms with E-state index in [2.05, 4.69) is 0 Å². The quantitative estimate of drug-likeness (QED) is 0.505. The molecule has 0 aromatic heterocycles. The first-order valence-electron chi connectivity index (χ1n) is 12.2. The molecule has 1 N–H and O–H groups in total. The van der Waals surface area contributed by atoms with E-state index in [0.717, 1.165) is 4.90 Å². The molecule has 11 heteroatoms. The fourth-order valence-corrected chi connectivity index (χ4v) is 5.44. The lowest BCUT2D eigenvalue weighted by Gasteiger charge is -2.35. The second kappa shape index (κ2) is 10.2. The van der Waals surface area contributed by atoms with Gasteiger partial charge in [-0.2, -0.15) is 13.2 Å². The number of benzene rings is 2. The summed E-state index contributed by atoms with van der Waals surface area (Å²) in [6.45, 7) is 3.35. The minimum Gasteiger partial charge on any atom is -0.493 e. The predicted octanol–water partition coefficient (Wildman–Crippen LogP) is 5.12. The van der Waals surface area contributed by atoms with Gasteiger partial charge in [0.2, 0.25) is 5.54 Å². The first-order valence-corrected chi connectivity index (χ1v) is 12.6. The summed E-state index contributed by atoms with van der Waals surface area (Å²) < 4.78 is 55.5. The van der Waals surface area contributed by atoms with Gasteiger partial charge in [-0.3, -0.25) is 14.4 Å². The van der Waals surface area contributed by atoms with Crippen molar-refractivity contribution in [2.75, 3.05) is 20.8 Å². The predicted molar refractivity (Wildman–Crippen MR) is 138 cm³/mol. The van der Waals surface area contributed by atoms with Gasteiger partial charge in [0.1, 0.15) is 0 Å². The van der Waals surface area contributed by atoms with E-state index in [1.807, 2.05) is 5.32 Å². The molecule has 0 saturated carbocycles. The number of ketones is 1. The summed E-state index contributed by atoms with van der Waals surface area (Å²) in [6.07, 6.45) is -5.31. The van der Waals surface area contributed by atoms with Gasteiger partial charge in [0.05, 0.1) is 30.4 Å². The number of rotatable bonds is 7. The van der Waals surface area contributed by atoms with Gasteiger partial charge in [0.15, 0.2) is 17.3 Å². The highest BCUT2D eigenvalue weighted by Crippen LogP contribution is 2.52. The monoisotopic (exact) mass is 564 g/mol. The molecule has 0 bridgehead atoms. The molecule has 0 spiro atoms. The van der Waals surface area contributed by atoms with Crippen molar-refractivity contribution in [3.05, 3.63) is 69.9 Å². The number of ether oxygens (including phenoxy) is 2. The van der Waals surface area contributed by atoms with Crippen molar-refractivity contribution in [1.82, 2.24) is 10.2 Å². The summed E-state index contributed by atoms with van der Waals surface area (Å²) in [7, 11) is 2.93. The molecule has 1 heterocycles. The van der Waals surface area contributed by atoms with E-state index < -0.39 is 40.3 Å². The van der Waals surface area contributed by atoms with Gasteiger partial charge in [0, 0.05) is 18.7 Å². The van der Waals surface area contributed by atoms with Crippen LogP contribution in [0.15, 0.2) is 53.7 Å². The van der Waals surface area contributed by atoms with E-state index in [-0.39, 0.29) is 42.1 Å². The SMILES string of the molecule is COc1ccc(CCN2C(=O)[C@@](NC(=O)c3ccccc3Cl)(C(F)(F)F)C3=C2CC(C)(C)CC3=O)cc1OC. The normalized spacial score (nSPS) is 20.7. The Kier molecular flexibility index (Phi) is 7.46. The number of nitrogens with one attached hydrogen (secondary N) is 1. The second-order valence-electron chi connectivity index (χ2n) is 10.3. The van der Waals surface area contributed by atoms with E-state index >= 15 is 0 Å². The van der Waals surface area contributed by atoms with E-state index in [0.29, 0.717) is 17.1 Å². The van der Waals surface area contributed by atoms with Gasteiger partial charge in [-0.15, -0.1) is 0 Å². The summed E-state index contributed by atoms with van der Waals surface area (Å²) in [4.78, 5) is 41.2. The van der Waals surface area contributed by atoms with Gasteiger partial charge < -0.3 is 19.7 Å². The summed E-state index contributed by atoms with van der Waals surface area (Å²) in [6, 6.07) is 10.6. The minimum absolute atomic E-state index is 0.0292. The second-order valence-corrected chi connectivity index (χ2v) is 10.7. The van der Waals surface area contributed by atoms with Gasteiger partial charge in [0.25, 0.3) is 11.8 Å². The first-order chi connectivity index (χ1) is 18.3. The van der Waals surface area contributed by atoms with Crippen molar-refractivity contribution in [3.63, 3.8) is 0 Å². The molecule has 0 fully saturated rings. The third kappa shape index (κ3) is 4.97. The number of carbonyl (C=O) groups excluding carboxylic acids is 3. The molecule has 0 saturated heterocycles. The van der Waals surface area contributed by atoms with Crippen molar-refractivity contribution < 1.29 is 37.0 Å². The Morgan fingerprint density at radius 3 is 2.33 bits per heavy atom. The third-order valence-electron chi connectivity index (χ3n) is 7.04. The Bertz CT molecular complexity index is 1370. The van der Waals surface area contributed by atoms with Crippen LogP contribution in [0.5, 0.6) is 11.5 Å². The highest BCUT2D eigenvalue weighted by Gasteiger charge is 2.71. The average molecular weight is 565 g/mol. The molecule has 1 aliphatic heterocycles. The number of halogens is 4. The van der Waals surface area contributed by atoms with Crippen LogP contribution in [-0.4, -0.2) is 55.0 Å². The molecule has 1 atom stereocenters. The minimum atomic E-state index is -5.31. The van der Waals surface area contributed by atoms with Crippen LogP contribution in [0.2, 0.25) is 5.02 Å². The first kappa shape index (κ1) is 28.5. The summed E-state index contributed by atoms with van der Waals surface area (Å²) in [5.41, 5.74) is -4.56. The summed E-state index contributed by atoms with van der Waals surface area (Å²) in [5.74, 6) is -2.57. The Morgan fingerprint density at radius 1 is 1.05 bits per heavy atom. The summed E-state index contributed by atoms with van der Waals surface area (Å²) >= 11 is 6.06. The molecule has 2 aromatic rings. The van der Waals surface area contributed by atoms with E-state index in [4.69, 9.17) is 21.1 Å². The van der Waals surface area contributed by atoms with Crippen LogP contribution in [0.3, 0.4) is 0 Å². The zero-order valence-corrected chi connectivity index (χ0v) is 22.6. The smallest absolute Gasteiger partial charge is 0.425 e. The highest BCUT2D eigenvalue weighted by molar-refractivity contribution is 6.34. The molecule has 1 aliphatic carbocycles. The fourth-order valence-electron chi connectivity index (χ4n) is 5.22. The van der Waals surface area contributed by atoms with Gasteiger partial charge in [-0.05, 0) is 48.1 Å². The number of hydrogen-bond donors (Lipinski definition) is 1. The van der Waals surface area contributed by atoms with Gasteiger partial charge in [-0.1, -0.05) is 43.6 Å². The zero-order valence-electron chi connectivity index (χ0n) is 21.9. The van der Waals surface area contributed by atoms with E-state index in [9.17, 15) is 27.6 Å². The van der Waals surface area contributed by atoms with E-state index in [1.54, 1.807) is 32.0 Å². The fraction of sp³-hybridized carbons (Fsp3) is 0.393. The van der Waals surface area contributed by atoms with Crippen molar-refractivity contribution in [3.8, 4) is 11.5 Å². The maximum atomic E-state index is 15.0. The average Bonchev–Trinajstić information content (AvgIpc) is 3.09. The van der Waals surface area contributed by atoms with Crippen molar-refractivity contribution in [2.24, 2.45) is 5.41 Å². The molecular weight excluding hydrogens is 537 g/mol. The molecule has 2 aliphatic rings. The number of methoxy groups -OCH3 is 2. The third-order valence-corrected chi connectivity index (χ3v) is 7.37. The molecule has 7 nitrogen and oxygen atoms in total. The van der Waals surface area contributed by atoms with Crippen molar-refractivity contribution in [1.29, 1.82) is 0 Å². The molecule has 0 radical (unpaired) electrons. The molecule has 208 valence electrons. The van der Waals surface area contributed by atoms with Crippen LogP contribution in [0, 0.1) is 5.41 Å². The van der Waals surface area contributed by atoms with Crippen molar-refractivity contribution >= 4 is 29.2 Å². The Hall–Kier alpha value is -3.53. The van der Waals surface area contributed by atoms with Gasteiger partial charge in [-0.25, -0.2) is 0 Å². The van der Waals surface area contributed by atoms with Crippen LogP contribution < -0.4 is 14.8 Å². The number of alkyl halides is 3. The molecule has 39 heavy (non-hydrogen) atoms. The van der Waals surface area contributed by atoms with Gasteiger partial charge >= 0.3 is 6.18 Å². The molecule has 0 unspecified atom stereocenters. The largest absolute Gasteiger partial charge is 0.493 e. The van der Waals surface area contributed by atoms with Crippen LogP contribution in [-0.2, 0) is 16.0 Å². The van der Waals surface area contributed by atoms with E-state index in [1.165, 1.54) is 38.5 Å². The van der Waals surface area contributed by atoms with Crippen LogP contribution in [0.25, 0.3) is 0 Å². The summed E-state index contributed by atoms with van der Waals surface area (Å²) in [5, 5.41) is 1.81. The highest BCUT2D eigenvalue weighted by atomic mass is 35.5. The standard InChI is InChI=1S/C28H28ClF3N2O5/c1-26(2)14-19-23(20(35)15-26)27(28(30,31)32,33-24(36)17-7-5-6-8-18(17)29)25(37)34(19)12-11-16-9-10-21(38-3)22(13-16)39-4/h5-10,13H,11-12,14-15H2,1-4H3,(H,33,36)/t27-/m1/s1. The number of hydrogen-bond acceptors (Lipinski definition) is 5. The molecule has 4 rings (SSSR count). The van der Waals surface area contributed by atoms with Crippen LogP contribution >= 0.6 is 11.6 Å². The Balaban J connectivity index is 1.79. The topological polar surface area (TPSA) is 84.9 Å². The van der Waals surface area contributed by atoms with Crippen LogP contribution in [0.4, 0.5) is 13.2 Å².